The highest BCUT2D eigenvalue weighted by Crippen LogP contribution is 2.09. The fourth-order valence-corrected chi connectivity index (χ4v) is 3.01. The van der Waals surface area contributed by atoms with E-state index in [1.807, 2.05) is 12.3 Å². The van der Waals surface area contributed by atoms with Gasteiger partial charge in [-0.2, -0.15) is 0 Å². The van der Waals surface area contributed by atoms with Crippen LogP contribution in [0.15, 0.2) is 42.7 Å². The molecular formula is C18H24N4O. The average molecular weight is 312 g/mol. The zero-order valence-corrected chi connectivity index (χ0v) is 13.4. The third kappa shape index (κ3) is 4.66. The lowest BCUT2D eigenvalue weighted by Gasteiger charge is -2.11. The summed E-state index contributed by atoms with van der Waals surface area (Å²) in [6.45, 7) is 2.40. The molecule has 1 atom stereocenters. The monoisotopic (exact) mass is 312 g/mol. The molecule has 1 unspecified atom stereocenters. The first-order valence-corrected chi connectivity index (χ1v) is 8.35. The van der Waals surface area contributed by atoms with Crippen molar-refractivity contribution in [1.29, 1.82) is 0 Å². The van der Waals surface area contributed by atoms with E-state index in [-0.39, 0.29) is 5.91 Å². The van der Waals surface area contributed by atoms with E-state index in [0.29, 0.717) is 19.0 Å². The molecule has 1 aliphatic rings. The molecule has 1 aromatic heterocycles. The zero-order valence-electron chi connectivity index (χ0n) is 13.4. The Hall–Kier alpha value is -2.14. The molecule has 122 valence electrons. The summed E-state index contributed by atoms with van der Waals surface area (Å²) in [6.07, 6.45) is 7.56. The lowest BCUT2D eigenvalue weighted by atomic mass is 10.1. The standard InChI is InChI=1S/C18H24N4O/c23-18(13-16-7-4-9-19-16)21-14-17-20-10-12-22(17)11-8-15-5-2-1-3-6-15/h1-3,5-6,10,12,16,19H,4,7-9,11,13-14H2,(H,21,23). The van der Waals surface area contributed by atoms with Crippen molar-refractivity contribution in [1.82, 2.24) is 20.2 Å². The summed E-state index contributed by atoms with van der Waals surface area (Å²) in [5.74, 6) is 1.01. The largest absolute Gasteiger partial charge is 0.349 e. The summed E-state index contributed by atoms with van der Waals surface area (Å²) in [5, 5.41) is 6.34. The van der Waals surface area contributed by atoms with Crippen molar-refractivity contribution in [3.05, 3.63) is 54.1 Å². The van der Waals surface area contributed by atoms with Crippen LogP contribution < -0.4 is 10.6 Å². The predicted molar refractivity (Wildman–Crippen MR) is 89.9 cm³/mol. The van der Waals surface area contributed by atoms with Crippen LogP contribution in [0.5, 0.6) is 0 Å². The van der Waals surface area contributed by atoms with Crippen molar-refractivity contribution in [2.45, 2.75) is 44.8 Å². The van der Waals surface area contributed by atoms with Crippen molar-refractivity contribution in [2.24, 2.45) is 0 Å². The lowest BCUT2D eigenvalue weighted by Crippen LogP contribution is -2.32. The summed E-state index contributed by atoms with van der Waals surface area (Å²) < 4.78 is 2.11. The summed E-state index contributed by atoms with van der Waals surface area (Å²) in [5.41, 5.74) is 1.31. The molecule has 0 bridgehead atoms. The Morgan fingerprint density at radius 1 is 1.35 bits per heavy atom. The molecule has 2 heterocycles. The normalized spacial score (nSPS) is 17.3. The van der Waals surface area contributed by atoms with E-state index in [9.17, 15) is 4.79 Å². The predicted octanol–water partition coefficient (Wildman–Crippen LogP) is 1.88. The van der Waals surface area contributed by atoms with E-state index in [1.165, 1.54) is 12.0 Å². The maximum Gasteiger partial charge on any atom is 0.221 e. The number of nitrogens with one attached hydrogen (secondary N) is 2. The molecule has 0 radical (unpaired) electrons. The molecular weight excluding hydrogens is 288 g/mol. The second-order valence-corrected chi connectivity index (χ2v) is 6.05. The first kappa shape index (κ1) is 15.7. The summed E-state index contributed by atoms with van der Waals surface area (Å²) in [4.78, 5) is 16.4. The number of aromatic nitrogens is 2. The Bertz CT molecular complexity index is 617. The smallest absolute Gasteiger partial charge is 0.221 e. The van der Waals surface area contributed by atoms with Gasteiger partial charge in [-0.15, -0.1) is 0 Å². The van der Waals surface area contributed by atoms with E-state index in [2.05, 4.69) is 44.5 Å². The molecule has 23 heavy (non-hydrogen) atoms. The van der Waals surface area contributed by atoms with Crippen molar-refractivity contribution in [2.75, 3.05) is 6.54 Å². The van der Waals surface area contributed by atoms with Gasteiger partial charge in [-0.25, -0.2) is 4.98 Å². The maximum absolute atomic E-state index is 12.0. The van der Waals surface area contributed by atoms with Crippen molar-refractivity contribution < 1.29 is 4.79 Å². The molecule has 1 aliphatic heterocycles. The number of rotatable bonds is 7. The number of nitrogens with zero attached hydrogens (tertiary/aromatic N) is 2. The number of carbonyl (C=O) groups excluding carboxylic acids is 1. The molecule has 2 aromatic rings. The Balaban J connectivity index is 1.47. The Morgan fingerprint density at radius 3 is 3.00 bits per heavy atom. The number of aryl methyl sites for hydroxylation is 2. The molecule has 1 fully saturated rings. The minimum absolute atomic E-state index is 0.0991. The quantitative estimate of drug-likeness (QED) is 0.821. The fraction of sp³-hybridized carbons (Fsp3) is 0.444. The molecule has 1 amide bonds. The second kappa shape index (κ2) is 7.92. The molecule has 2 N–H and O–H groups in total. The van der Waals surface area contributed by atoms with Gasteiger partial charge in [0.15, 0.2) is 0 Å². The van der Waals surface area contributed by atoms with E-state index >= 15 is 0 Å². The minimum atomic E-state index is 0.0991. The number of hydrogen-bond donors (Lipinski definition) is 2. The van der Waals surface area contributed by atoms with Crippen LogP contribution in [0, 0.1) is 0 Å². The van der Waals surface area contributed by atoms with Crippen LogP contribution in [-0.2, 0) is 24.3 Å². The number of carbonyl (C=O) groups is 1. The van der Waals surface area contributed by atoms with Crippen molar-refractivity contribution in [3.8, 4) is 0 Å². The second-order valence-electron chi connectivity index (χ2n) is 6.05. The summed E-state index contributed by atoms with van der Waals surface area (Å²) in [7, 11) is 0. The van der Waals surface area contributed by atoms with Gasteiger partial charge in [-0.3, -0.25) is 4.79 Å². The molecule has 1 saturated heterocycles. The van der Waals surface area contributed by atoms with Crippen molar-refractivity contribution in [3.63, 3.8) is 0 Å². The lowest BCUT2D eigenvalue weighted by molar-refractivity contribution is -0.121. The fourth-order valence-electron chi connectivity index (χ4n) is 3.01. The van der Waals surface area contributed by atoms with Gasteiger partial charge in [-0.1, -0.05) is 30.3 Å². The molecule has 0 saturated carbocycles. The molecule has 3 rings (SSSR count). The van der Waals surface area contributed by atoms with Crippen molar-refractivity contribution >= 4 is 5.91 Å². The maximum atomic E-state index is 12.0. The van der Waals surface area contributed by atoms with Gasteiger partial charge in [-0.05, 0) is 31.4 Å². The SMILES string of the molecule is O=C(CC1CCCN1)NCc1nccn1CCc1ccccc1. The van der Waals surface area contributed by atoms with Gasteiger partial charge in [0, 0.05) is 31.4 Å². The third-order valence-electron chi connectivity index (χ3n) is 4.32. The summed E-state index contributed by atoms with van der Waals surface area (Å²) >= 11 is 0. The highest BCUT2D eigenvalue weighted by Gasteiger charge is 2.17. The van der Waals surface area contributed by atoms with E-state index < -0.39 is 0 Å². The van der Waals surface area contributed by atoms with Crippen LogP contribution in [0.1, 0.15) is 30.7 Å². The van der Waals surface area contributed by atoms with Crippen LogP contribution in [-0.4, -0.2) is 28.0 Å². The highest BCUT2D eigenvalue weighted by atomic mass is 16.1. The van der Waals surface area contributed by atoms with Gasteiger partial charge < -0.3 is 15.2 Å². The Morgan fingerprint density at radius 2 is 2.22 bits per heavy atom. The molecule has 0 aliphatic carbocycles. The minimum Gasteiger partial charge on any atom is -0.349 e. The average Bonchev–Trinajstić information content (AvgIpc) is 3.23. The Kier molecular flexibility index (Phi) is 5.42. The van der Waals surface area contributed by atoms with E-state index in [0.717, 1.165) is 31.8 Å². The van der Waals surface area contributed by atoms with E-state index in [1.54, 1.807) is 6.20 Å². The Labute approximate surface area is 137 Å². The number of hydrogen-bond acceptors (Lipinski definition) is 3. The van der Waals surface area contributed by atoms with E-state index in [4.69, 9.17) is 0 Å². The highest BCUT2D eigenvalue weighted by molar-refractivity contribution is 5.76. The van der Waals surface area contributed by atoms with Gasteiger partial charge in [0.1, 0.15) is 5.82 Å². The van der Waals surface area contributed by atoms with Gasteiger partial charge in [0.05, 0.1) is 6.54 Å². The molecule has 0 spiro atoms. The topological polar surface area (TPSA) is 59.0 Å². The van der Waals surface area contributed by atoms with Gasteiger partial charge in [0.2, 0.25) is 5.91 Å². The number of imidazole rings is 1. The zero-order chi connectivity index (χ0) is 15.9. The third-order valence-corrected chi connectivity index (χ3v) is 4.32. The van der Waals surface area contributed by atoms with Gasteiger partial charge >= 0.3 is 0 Å². The van der Waals surface area contributed by atoms with Gasteiger partial charge in [0.25, 0.3) is 0 Å². The first-order chi connectivity index (χ1) is 11.3. The van der Waals surface area contributed by atoms with Crippen LogP contribution in [0.2, 0.25) is 0 Å². The number of amides is 1. The van der Waals surface area contributed by atoms with Crippen LogP contribution >= 0.6 is 0 Å². The summed E-state index contributed by atoms with van der Waals surface area (Å²) in [6, 6.07) is 10.7. The van der Waals surface area contributed by atoms with Crippen LogP contribution in [0.3, 0.4) is 0 Å². The van der Waals surface area contributed by atoms with Crippen LogP contribution in [0.25, 0.3) is 0 Å². The van der Waals surface area contributed by atoms with Crippen LogP contribution in [0.4, 0.5) is 0 Å². The first-order valence-electron chi connectivity index (χ1n) is 8.35. The molecule has 5 nitrogen and oxygen atoms in total. The molecule has 5 heteroatoms. The molecule has 1 aromatic carbocycles. The number of benzene rings is 1.